The molecule has 100 valence electrons. The average Bonchev–Trinajstić information content (AvgIpc) is 2.68. The monoisotopic (exact) mass is 260 g/mol. The summed E-state index contributed by atoms with van der Waals surface area (Å²) in [6, 6.07) is 0. The lowest BCUT2D eigenvalue weighted by atomic mass is 10.2. The Balaban J connectivity index is 2.33. The van der Waals surface area contributed by atoms with E-state index in [1.54, 1.807) is 4.90 Å². The largest absolute Gasteiger partial charge is 0.444 e. The lowest BCUT2D eigenvalue weighted by molar-refractivity contribution is 0.0248. The van der Waals surface area contributed by atoms with Gasteiger partial charge in [0.25, 0.3) is 0 Å². The van der Waals surface area contributed by atoms with E-state index in [-0.39, 0.29) is 6.09 Å². The van der Waals surface area contributed by atoms with Gasteiger partial charge in [-0.05, 0) is 27.7 Å². The Morgan fingerprint density at radius 1 is 1.47 bits per heavy atom. The second kappa shape index (κ2) is 6.50. The van der Waals surface area contributed by atoms with Crippen LogP contribution >= 0.6 is 11.8 Å². The topological polar surface area (TPSA) is 32.8 Å². The Hall–Kier alpha value is -0.420. The molecule has 0 spiro atoms. The normalized spacial score (nSPS) is 17.2. The van der Waals surface area contributed by atoms with Crippen LogP contribution in [0.2, 0.25) is 0 Å². The van der Waals surface area contributed by atoms with Crippen molar-refractivity contribution in [2.24, 2.45) is 0 Å². The van der Waals surface area contributed by atoms with Gasteiger partial charge in [-0.25, -0.2) is 4.79 Å². The molecule has 5 heteroatoms. The first-order valence-corrected chi connectivity index (χ1v) is 7.36. The van der Waals surface area contributed by atoms with E-state index in [0.29, 0.717) is 6.54 Å². The minimum Gasteiger partial charge on any atom is -0.444 e. The highest BCUT2D eigenvalue weighted by molar-refractivity contribution is 7.99. The fourth-order valence-corrected chi connectivity index (χ4v) is 2.63. The Labute approximate surface area is 109 Å². The van der Waals surface area contributed by atoms with Crippen molar-refractivity contribution in [2.75, 3.05) is 37.8 Å². The fraction of sp³-hybridized carbons (Fsp3) is 0.917. The van der Waals surface area contributed by atoms with Gasteiger partial charge in [-0.1, -0.05) is 0 Å². The number of hydrogen-bond donors (Lipinski definition) is 0. The third-order valence-electron chi connectivity index (χ3n) is 2.55. The number of amides is 1. The van der Waals surface area contributed by atoms with Crippen LogP contribution in [0.4, 0.5) is 4.79 Å². The maximum atomic E-state index is 11.9. The van der Waals surface area contributed by atoms with E-state index in [9.17, 15) is 4.79 Å². The van der Waals surface area contributed by atoms with Crippen LogP contribution in [-0.4, -0.2) is 59.3 Å². The molecule has 1 fully saturated rings. The van der Waals surface area contributed by atoms with Crippen LogP contribution in [0.3, 0.4) is 0 Å². The quantitative estimate of drug-likeness (QED) is 0.776. The zero-order chi connectivity index (χ0) is 12.9. The lowest BCUT2D eigenvalue weighted by Crippen LogP contribution is -2.40. The SMILES string of the molecule is CCN(CCN1CCSC1)C(=O)OC(C)(C)C. The van der Waals surface area contributed by atoms with Crippen LogP contribution in [0.25, 0.3) is 0 Å². The summed E-state index contributed by atoms with van der Waals surface area (Å²) in [4.78, 5) is 16.0. The molecule has 0 atom stereocenters. The van der Waals surface area contributed by atoms with Gasteiger partial charge in [0.15, 0.2) is 0 Å². The smallest absolute Gasteiger partial charge is 0.410 e. The first-order valence-electron chi connectivity index (χ1n) is 6.20. The first kappa shape index (κ1) is 14.6. The molecular weight excluding hydrogens is 236 g/mol. The standard InChI is InChI=1S/C12H24N2O2S/c1-5-14(11(15)16-12(2,3)4)7-6-13-8-9-17-10-13/h5-10H2,1-4H3. The molecule has 0 aromatic carbocycles. The maximum absolute atomic E-state index is 11.9. The summed E-state index contributed by atoms with van der Waals surface area (Å²) in [6.07, 6.45) is -0.202. The van der Waals surface area contributed by atoms with Crippen molar-refractivity contribution in [3.63, 3.8) is 0 Å². The zero-order valence-electron chi connectivity index (χ0n) is 11.4. The van der Waals surface area contributed by atoms with Crippen molar-refractivity contribution >= 4 is 17.9 Å². The number of rotatable bonds is 4. The highest BCUT2D eigenvalue weighted by atomic mass is 32.2. The molecule has 0 aromatic heterocycles. The highest BCUT2D eigenvalue weighted by Gasteiger charge is 2.22. The Morgan fingerprint density at radius 3 is 2.65 bits per heavy atom. The Kier molecular flexibility index (Phi) is 5.59. The summed E-state index contributed by atoms with van der Waals surface area (Å²) in [5, 5.41) is 0. The third-order valence-corrected chi connectivity index (χ3v) is 3.56. The second-order valence-electron chi connectivity index (χ2n) is 5.22. The molecule has 4 nitrogen and oxygen atoms in total. The minimum absolute atomic E-state index is 0.202. The molecule has 0 aliphatic carbocycles. The van der Waals surface area contributed by atoms with E-state index in [1.807, 2.05) is 39.5 Å². The van der Waals surface area contributed by atoms with Gasteiger partial charge < -0.3 is 9.64 Å². The van der Waals surface area contributed by atoms with Crippen molar-refractivity contribution in [3.05, 3.63) is 0 Å². The molecule has 0 saturated carbocycles. The third kappa shape index (κ3) is 5.64. The van der Waals surface area contributed by atoms with E-state index in [0.717, 1.165) is 25.5 Å². The van der Waals surface area contributed by atoms with Crippen molar-refractivity contribution < 1.29 is 9.53 Å². The van der Waals surface area contributed by atoms with E-state index in [4.69, 9.17) is 4.74 Å². The van der Waals surface area contributed by atoms with Gasteiger partial charge in [-0.3, -0.25) is 4.90 Å². The molecule has 1 aliphatic rings. The van der Waals surface area contributed by atoms with Gasteiger partial charge in [-0.15, -0.1) is 11.8 Å². The maximum Gasteiger partial charge on any atom is 0.410 e. The highest BCUT2D eigenvalue weighted by Crippen LogP contribution is 2.13. The molecule has 1 amide bonds. The molecule has 1 aliphatic heterocycles. The number of thioether (sulfide) groups is 1. The Bertz CT molecular complexity index is 247. The number of nitrogens with zero attached hydrogens (tertiary/aromatic N) is 2. The Morgan fingerprint density at radius 2 is 2.18 bits per heavy atom. The van der Waals surface area contributed by atoms with Crippen LogP contribution in [0.1, 0.15) is 27.7 Å². The average molecular weight is 260 g/mol. The van der Waals surface area contributed by atoms with Crippen molar-refractivity contribution in [1.29, 1.82) is 0 Å². The first-order chi connectivity index (χ1) is 7.92. The molecular formula is C12H24N2O2S. The van der Waals surface area contributed by atoms with Gasteiger partial charge in [0.2, 0.25) is 0 Å². The van der Waals surface area contributed by atoms with Crippen molar-refractivity contribution in [1.82, 2.24) is 9.80 Å². The van der Waals surface area contributed by atoms with E-state index in [1.165, 1.54) is 5.75 Å². The molecule has 0 unspecified atom stereocenters. The summed E-state index contributed by atoms with van der Waals surface area (Å²) in [7, 11) is 0. The fourth-order valence-electron chi connectivity index (χ4n) is 1.60. The summed E-state index contributed by atoms with van der Waals surface area (Å²) in [5.41, 5.74) is -0.409. The predicted molar refractivity (Wildman–Crippen MR) is 72.4 cm³/mol. The predicted octanol–water partition coefficient (Wildman–Crippen LogP) is 2.25. The van der Waals surface area contributed by atoms with Gasteiger partial charge in [-0.2, -0.15) is 0 Å². The van der Waals surface area contributed by atoms with Crippen molar-refractivity contribution in [2.45, 2.75) is 33.3 Å². The summed E-state index contributed by atoms with van der Waals surface area (Å²) in [5.74, 6) is 2.30. The van der Waals surface area contributed by atoms with Gasteiger partial charge in [0.05, 0.1) is 0 Å². The molecule has 0 aromatic rings. The molecule has 1 heterocycles. The number of carbonyl (C=O) groups excluding carboxylic acids is 1. The van der Waals surface area contributed by atoms with Gasteiger partial charge in [0, 0.05) is 37.8 Å². The molecule has 0 bridgehead atoms. The van der Waals surface area contributed by atoms with Crippen LogP contribution < -0.4 is 0 Å². The minimum atomic E-state index is -0.409. The lowest BCUT2D eigenvalue weighted by Gasteiger charge is -2.27. The number of likely N-dealkylation sites (N-methyl/N-ethyl adjacent to an activating group) is 1. The molecule has 17 heavy (non-hydrogen) atoms. The number of carbonyl (C=O) groups is 1. The number of ether oxygens (including phenoxy) is 1. The molecule has 1 rings (SSSR count). The van der Waals surface area contributed by atoms with Crippen LogP contribution in [0, 0.1) is 0 Å². The van der Waals surface area contributed by atoms with Gasteiger partial charge in [0.1, 0.15) is 5.60 Å². The molecule has 1 saturated heterocycles. The van der Waals surface area contributed by atoms with Gasteiger partial charge >= 0.3 is 6.09 Å². The summed E-state index contributed by atoms with van der Waals surface area (Å²) >= 11 is 1.95. The van der Waals surface area contributed by atoms with Crippen LogP contribution in [0.15, 0.2) is 0 Å². The van der Waals surface area contributed by atoms with E-state index < -0.39 is 5.60 Å². The zero-order valence-corrected chi connectivity index (χ0v) is 12.2. The van der Waals surface area contributed by atoms with Crippen molar-refractivity contribution in [3.8, 4) is 0 Å². The molecule has 0 N–H and O–H groups in total. The summed E-state index contributed by atoms with van der Waals surface area (Å²) in [6.45, 7) is 11.2. The van der Waals surface area contributed by atoms with Crippen LogP contribution in [0.5, 0.6) is 0 Å². The molecule has 0 radical (unpaired) electrons. The second-order valence-corrected chi connectivity index (χ2v) is 6.29. The van der Waals surface area contributed by atoms with E-state index in [2.05, 4.69) is 4.90 Å². The van der Waals surface area contributed by atoms with E-state index >= 15 is 0 Å². The number of hydrogen-bond acceptors (Lipinski definition) is 4. The summed E-state index contributed by atoms with van der Waals surface area (Å²) < 4.78 is 5.37. The van der Waals surface area contributed by atoms with Crippen LogP contribution in [-0.2, 0) is 4.74 Å².